The Morgan fingerprint density at radius 2 is 2.00 bits per heavy atom. The number of nitrogens with one attached hydrogen (secondary N) is 2. The number of likely N-dealkylation sites (tertiary alicyclic amines) is 1. The van der Waals surface area contributed by atoms with Crippen LogP contribution in [-0.4, -0.2) is 57.7 Å². The van der Waals surface area contributed by atoms with Crippen molar-refractivity contribution in [2.45, 2.75) is 33.1 Å². The number of benzene rings is 1. The molecule has 0 aromatic heterocycles. The summed E-state index contributed by atoms with van der Waals surface area (Å²) in [5.41, 5.74) is 1.30. The van der Waals surface area contributed by atoms with Crippen molar-refractivity contribution in [2.24, 2.45) is 16.8 Å². The van der Waals surface area contributed by atoms with Gasteiger partial charge in [-0.25, -0.2) is 0 Å². The normalized spacial score (nSPS) is 18.1. The fraction of sp³-hybridized carbons (Fsp3) is 0.667. The highest BCUT2D eigenvalue weighted by atomic mass is 127. The van der Waals surface area contributed by atoms with Crippen LogP contribution in [-0.2, 0) is 6.42 Å². The molecule has 2 rings (SSSR count). The van der Waals surface area contributed by atoms with Gasteiger partial charge in [0.25, 0.3) is 0 Å². The number of guanidine groups is 1. The molecule has 27 heavy (non-hydrogen) atoms. The lowest BCUT2D eigenvalue weighted by molar-refractivity contribution is 0.159. The molecule has 0 bridgehead atoms. The molecule has 1 saturated heterocycles. The van der Waals surface area contributed by atoms with Gasteiger partial charge in [-0.1, -0.05) is 26.0 Å². The summed E-state index contributed by atoms with van der Waals surface area (Å²) in [6.45, 7) is 10.1. The van der Waals surface area contributed by atoms with Crippen LogP contribution in [0.1, 0.15) is 32.3 Å². The van der Waals surface area contributed by atoms with Crippen molar-refractivity contribution in [3.8, 4) is 5.75 Å². The van der Waals surface area contributed by atoms with E-state index < -0.39 is 0 Å². The summed E-state index contributed by atoms with van der Waals surface area (Å²) in [6.07, 6.45) is 3.59. The number of aliphatic imine (C=N–C) groups is 1. The molecule has 1 aliphatic rings. The third kappa shape index (κ3) is 9.14. The van der Waals surface area contributed by atoms with E-state index in [0.717, 1.165) is 37.1 Å². The molecule has 0 aliphatic carbocycles. The summed E-state index contributed by atoms with van der Waals surface area (Å²) in [4.78, 5) is 6.97. The van der Waals surface area contributed by atoms with Gasteiger partial charge in [-0.05, 0) is 55.3 Å². The molecular formula is C21H37IN4O. The van der Waals surface area contributed by atoms with E-state index in [4.69, 9.17) is 4.74 Å². The minimum absolute atomic E-state index is 0. The summed E-state index contributed by atoms with van der Waals surface area (Å²) >= 11 is 0. The lowest BCUT2D eigenvalue weighted by atomic mass is 9.97. The lowest BCUT2D eigenvalue weighted by Gasteiger charge is -2.34. The monoisotopic (exact) mass is 488 g/mol. The van der Waals surface area contributed by atoms with Crippen LogP contribution in [0.15, 0.2) is 29.3 Å². The van der Waals surface area contributed by atoms with Crippen molar-refractivity contribution in [2.75, 3.05) is 46.9 Å². The van der Waals surface area contributed by atoms with Gasteiger partial charge in [-0.3, -0.25) is 4.99 Å². The minimum Gasteiger partial charge on any atom is -0.497 e. The highest BCUT2D eigenvalue weighted by Gasteiger charge is 2.20. The summed E-state index contributed by atoms with van der Waals surface area (Å²) in [5.74, 6) is 3.26. The Hall–Kier alpha value is -1.02. The first-order valence-electron chi connectivity index (χ1n) is 9.90. The first kappa shape index (κ1) is 24.0. The Bertz CT molecular complexity index is 548. The number of hydrogen-bond donors (Lipinski definition) is 2. The van der Waals surface area contributed by atoms with Gasteiger partial charge in [0.1, 0.15) is 5.75 Å². The van der Waals surface area contributed by atoms with Crippen molar-refractivity contribution in [3.63, 3.8) is 0 Å². The predicted molar refractivity (Wildman–Crippen MR) is 125 cm³/mol. The first-order valence-corrected chi connectivity index (χ1v) is 9.90. The van der Waals surface area contributed by atoms with Crippen LogP contribution in [0.4, 0.5) is 0 Å². The smallest absolute Gasteiger partial charge is 0.190 e. The quantitative estimate of drug-likeness (QED) is 0.335. The van der Waals surface area contributed by atoms with Crippen molar-refractivity contribution < 1.29 is 4.74 Å². The maximum absolute atomic E-state index is 5.20. The van der Waals surface area contributed by atoms with Crippen molar-refractivity contribution in [1.29, 1.82) is 0 Å². The Morgan fingerprint density at radius 3 is 2.63 bits per heavy atom. The van der Waals surface area contributed by atoms with Gasteiger partial charge in [0.05, 0.1) is 7.11 Å². The lowest BCUT2D eigenvalue weighted by Crippen LogP contribution is -2.45. The van der Waals surface area contributed by atoms with Crippen LogP contribution >= 0.6 is 24.0 Å². The SMILES string of the molecule is CN=C(NCCc1ccc(OC)cc1)NCC1CCCN(CC(C)C)C1.I. The average Bonchev–Trinajstić information content (AvgIpc) is 2.65. The summed E-state index contributed by atoms with van der Waals surface area (Å²) in [6, 6.07) is 8.24. The Labute approximate surface area is 182 Å². The molecule has 0 radical (unpaired) electrons. The van der Waals surface area contributed by atoms with Crippen molar-refractivity contribution in [3.05, 3.63) is 29.8 Å². The highest BCUT2D eigenvalue weighted by molar-refractivity contribution is 14.0. The Balaban J connectivity index is 0.00000364. The highest BCUT2D eigenvalue weighted by Crippen LogP contribution is 2.16. The zero-order valence-corrected chi connectivity index (χ0v) is 19.7. The summed E-state index contributed by atoms with van der Waals surface area (Å²) in [7, 11) is 3.54. The zero-order chi connectivity index (χ0) is 18.8. The first-order chi connectivity index (χ1) is 12.6. The third-order valence-electron chi connectivity index (χ3n) is 4.87. The zero-order valence-electron chi connectivity index (χ0n) is 17.3. The number of methoxy groups -OCH3 is 1. The number of ether oxygens (including phenoxy) is 1. The van der Waals surface area contributed by atoms with Gasteiger partial charge in [0, 0.05) is 33.2 Å². The molecule has 1 aromatic carbocycles. The molecule has 1 atom stereocenters. The number of hydrogen-bond acceptors (Lipinski definition) is 3. The van der Waals surface area contributed by atoms with Gasteiger partial charge >= 0.3 is 0 Å². The number of halogens is 1. The van der Waals surface area contributed by atoms with E-state index in [2.05, 4.69) is 46.5 Å². The van der Waals surface area contributed by atoms with Gasteiger partial charge < -0.3 is 20.3 Å². The van der Waals surface area contributed by atoms with Crippen LogP contribution in [0, 0.1) is 11.8 Å². The van der Waals surface area contributed by atoms with E-state index in [9.17, 15) is 0 Å². The second-order valence-electron chi connectivity index (χ2n) is 7.64. The van der Waals surface area contributed by atoms with Crippen molar-refractivity contribution >= 4 is 29.9 Å². The molecular weight excluding hydrogens is 451 g/mol. The predicted octanol–water partition coefficient (Wildman–Crippen LogP) is 3.39. The fourth-order valence-electron chi connectivity index (χ4n) is 3.58. The third-order valence-corrected chi connectivity index (χ3v) is 4.87. The Kier molecular flexibility index (Phi) is 11.7. The molecule has 154 valence electrons. The molecule has 0 spiro atoms. The molecule has 6 heteroatoms. The topological polar surface area (TPSA) is 48.9 Å². The van der Waals surface area contributed by atoms with Crippen LogP contribution in [0.25, 0.3) is 0 Å². The fourth-order valence-corrected chi connectivity index (χ4v) is 3.58. The van der Waals surface area contributed by atoms with Crippen LogP contribution in [0.3, 0.4) is 0 Å². The molecule has 1 heterocycles. The number of piperidine rings is 1. The van der Waals surface area contributed by atoms with E-state index in [-0.39, 0.29) is 24.0 Å². The summed E-state index contributed by atoms with van der Waals surface area (Å²) < 4.78 is 5.20. The van der Waals surface area contributed by atoms with Gasteiger partial charge in [-0.15, -0.1) is 24.0 Å². The average molecular weight is 488 g/mol. The minimum atomic E-state index is 0. The van der Waals surface area contributed by atoms with Crippen LogP contribution in [0.5, 0.6) is 5.75 Å². The number of nitrogens with zero attached hydrogens (tertiary/aromatic N) is 2. The van der Waals surface area contributed by atoms with E-state index in [1.54, 1.807) is 7.11 Å². The molecule has 1 aliphatic heterocycles. The van der Waals surface area contributed by atoms with Gasteiger partial charge in [0.2, 0.25) is 0 Å². The van der Waals surface area contributed by atoms with Crippen LogP contribution < -0.4 is 15.4 Å². The molecule has 2 N–H and O–H groups in total. The Morgan fingerprint density at radius 1 is 1.26 bits per heavy atom. The van der Waals surface area contributed by atoms with E-state index in [1.165, 1.54) is 38.0 Å². The number of rotatable bonds is 8. The summed E-state index contributed by atoms with van der Waals surface area (Å²) in [5, 5.41) is 6.93. The molecule has 1 unspecified atom stereocenters. The van der Waals surface area contributed by atoms with Gasteiger partial charge in [-0.2, -0.15) is 0 Å². The van der Waals surface area contributed by atoms with Gasteiger partial charge in [0.15, 0.2) is 5.96 Å². The second-order valence-corrected chi connectivity index (χ2v) is 7.64. The molecule has 0 saturated carbocycles. The molecule has 0 amide bonds. The van der Waals surface area contributed by atoms with E-state index in [1.807, 2.05) is 19.2 Å². The molecule has 1 aromatic rings. The maximum atomic E-state index is 5.20. The standard InChI is InChI=1S/C21H36N4O.HI/c1-17(2)15-25-13-5-6-19(16-25)14-24-21(22-3)23-12-11-18-7-9-20(26-4)10-8-18;/h7-10,17,19H,5-6,11-16H2,1-4H3,(H2,22,23,24);1H. The molecule has 5 nitrogen and oxygen atoms in total. The second kappa shape index (κ2) is 13.2. The molecule has 1 fully saturated rings. The van der Waals surface area contributed by atoms with Crippen molar-refractivity contribution in [1.82, 2.24) is 15.5 Å². The largest absolute Gasteiger partial charge is 0.497 e. The van der Waals surface area contributed by atoms with E-state index in [0.29, 0.717) is 5.92 Å². The maximum Gasteiger partial charge on any atom is 0.190 e. The van der Waals surface area contributed by atoms with Crippen LogP contribution in [0.2, 0.25) is 0 Å². The van der Waals surface area contributed by atoms with E-state index >= 15 is 0 Å².